The normalized spacial score (nSPS) is 19.8. The zero-order valence-electron chi connectivity index (χ0n) is 11.5. The van der Waals surface area contributed by atoms with Crippen molar-refractivity contribution in [2.45, 2.75) is 31.4 Å². The number of hydrogen-bond acceptors (Lipinski definition) is 4. The highest BCUT2D eigenvalue weighted by Crippen LogP contribution is 2.38. The van der Waals surface area contributed by atoms with Crippen LogP contribution in [0.15, 0.2) is 18.2 Å². The third-order valence-electron chi connectivity index (χ3n) is 3.74. The first-order valence-corrected chi connectivity index (χ1v) is 6.76. The molecule has 1 aromatic rings. The van der Waals surface area contributed by atoms with Crippen molar-refractivity contribution >= 4 is 0 Å². The van der Waals surface area contributed by atoms with Gasteiger partial charge in [0.25, 0.3) is 0 Å². The van der Waals surface area contributed by atoms with E-state index in [0.717, 1.165) is 6.07 Å². The fourth-order valence-electron chi connectivity index (χ4n) is 2.78. The summed E-state index contributed by atoms with van der Waals surface area (Å²) in [7, 11) is 0. The van der Waals surface area contributed by atoms with Crippen molar-refractivity contribution in [3.05, 3.63) is 35.4 Å². The van der Waals surface area contributed by atoms with Crippen molar-refractivity contribution in [3.63, 3.8) is 0 Å². The summed E-state index contributed by atoms with van der Waals surface area (Å²) in [6, 6.07) is 2.94. The molecule has 0 spiro atoms. The second-order valence-electron chi connectivity index (χ2n) is 4.88. The maximum absolute atomic E-state index is 14.0. The van der Waals surface area contributed by atoms with Crippen LogP contribution in [0.5, 0.6) is 0 Å². The number of nitrogens with one attached hydrogen (secondary N) is 1. The van der Waals surface area contributed by atoms with Gasteiger partial charge in [0.1, 0.15) is 11.6 Å². The van der Waals surface area contributed by atoms with Gasteiger partial charge >= 0.3 is 0 Å². The van der Waals surface area contributed by atoms with Crippen LogP contribution in [0.1, 0.15) is 31.4 Å². The molecule has 1 aromatic carbocycles. The second-order valence-corrected chi connectivity index (χ2v) is 4.88. The molecular formula is C14H20F2N2O2. The molecule has 1 atom stereocenters. The van der Waals surface area contributed by atoms with Gasteiger partial charge in [0.05, 0.1) is 11.6 Å². The van der Waals surface area contributed by atoms with Gasteiger partial charge in [-0.1, -0.05) is 6.07 Å². The van der Waals surface area contributed by atoms with E-state index in [1.807, 2.05) is 6.92 Å². The molecule has 1 aliphatic heterocycles. The molecular weight excluding hydrogens is 266 g/mol. The lowest BCUT2D eigenvalue weighted by molar-refractivity contribution is -0.128. The highest BCUT2D eigenvalue weighted by molar-refractivity contribution is 5.25. The Morgan fingerprint density at radius 1 is 1.40 bits per heavy atom. The van der Waals surface area contributed by atoms with Crippen LogP contribution in [-0.2, 0) is 9.47 Å². The Morgan fingerprint density at radius 3 is 2.65 bits per heavy atom. The van der Waals surface area contributed by atoms with Crippen molar-refractivity contribution in [1.82, 2.24) is 5.43 Å². The summed E-state index contributed by atoms with van der Waals surface area (Å²) in [6.07, 6.45) is 1.21. The Morgan fingerprint density at radius 2 is 2.10 bits per heavy atom. The smallest absolute Gasteiger partial charge is 0.131 e. The molecule has 1 aliphatic rings. The quantitative estimate of drug-likeness (QED) is 0.642. The van der Waals surface area contributed by atoms with E-state index in [0.29, 0.717) is 38.2 Å². The van der Waals surface area contributed by atoms with Crippen LogP contribution in [-0.4, -0.2) is 25.4 Å². The molecule has 1 saturated heterocycles. The first-order chi connectivity index (χ1) is 9.63. The van der Waals surface area contributed by atoms with E-state index in [-0.39, 0.29) is 0 Å². The number of hydrazine groups is 1. The largest absolute Gasteiger partial charge is 0.381 e. The lowest BCUT2D eigenvalue weighted by Gasteiger charge is -2.43. The monoisotopic (exact) mass is 286 g/mol. The molecule has 0 bridgehead atoms. The van der Waals surface area contributed by atoms with E-state index in [4.69, 9.17) is 15.3 Å². The van der Waals surface area contributed by atoms with Crippen molar-refractivity contribution in [3.8, 4) is 0 Å². The van der Waals surface area contributed by atoms with Crippen LogP contribution >= 0.6 is 0 Å². The van der Waals surface area contributed by atoms with Gasteiger partial charge in [-0.3, -0.25) is 5.84 Å². The summed E-state index contributed by atoms with van der Waals surface area (Å²) in [5.41, 5.74) is 2.30. The summed E-state index contributed by atoms with van der Waals surface area (Å²) < 4.78 is 38.3. The molecule has 112 valence electrons. The Bertz CT molecular complexity index is 445. The van der Waals surface area contributed by atoms with Crippen LogP contribution in [0.3, 0.4) is 0 Å². The summed E-state index contributed by atoms with van der Waals surface area (Å²) in [5.74, 6) is 4.39. The Kier molecular flexibility index (Phi) is 5.04. The fourth-order valence-corrected chi connectivity index (χ4v) is 2.78. The van der Waals surface area contributed by atoms with Gasteiger partial charge in [-0.25, -0.2) is 14.2 Å². The molecule has 1 fully saturated rings. The summed E-state index contributed by atoms with van der Waals surface area (Å²) in [4.78, 5) is 0. The first-order valence-electron chi connectivity index (χ1n) is 6.76. The van der Waals surface area contributed by atoms with Gasteiger partial charge in [-0.2, -0.15) is 0 Å². The predicted molar refractivity (Wildman–Crippen MR) is 70.8 cm³/mol. The molecule has 6 heteroatoms. The number of hydrogen-bond donors (Lipinski definition) is 2. The average Bonchev–Trinajstić information content (AvgIpc) is 2.43. The minimum atomic E-state index is -0.638. The second kappa shape index (κ2) is 6.58. The van der Waals surface area contributed by atoms with E-state index >= 15 is 0 Å². The van der Waals surface area contributed by atoms with E-state index in [9.17, 15) is 8.78 Å². The maximum atomic E-state index is 14.0. The van der Waals surface area contributed by atoms with E-state index in [2.05, 4.69) is 5.43 Å². The van der Waals surface area contributed by atoms with Crippen LogP contribution in [0.4, 0.5) is 8.78 Å². The highest BCUT2D eigenvalue weighted by Gasteiger charge is 2.42. The van der Waals surface area contributed by atoms with Crippen LogP contribution < -0.4 is 11.3 Å². The Balaban J connectivity index is 2.37. The summed E-state index contributed by atoms with van der Waals surface area (Å²) >= 11 is 0. The molecule has 0 radical (unpaired) electrons. The van der Waals surface area contributed by atoms with Crippen LogP contribution in [0.25, 0.3) is 0 Å². The van der Waals surface area contributed by atoms with E-state index in [1.165, 1.54) is 12.1 Å². The third-order valence-corrected chi connectivity index (χ3v) is 3.74. The first kappa shape index (κ1) is 15.3. The molecule has 20 heavy (non-hydrogen) atoms. The molecule has 2 rings (SSSR count). The number of ether oxygens (including phenoxy) is 2. The minimum absolute atomic E-state index is 0.309. The molecule has 4 nitrogen and oxygen atoms in total. The van der Waals surface area contributed by atoms with Crippen LogP contribution in [0.2, 0.25) is 0 Å². The van der Waals surface area contributed by atoms with Gasteiger partial charge < -0.3 is 9.47 Å². The molecule has 0 aromatic heterocycles. The molecule has 0 amide bonds. The SMILES string of the molecule is CCOC1(C(NN)c2ccc(F)cc2F)CCOCC1. The number of halogens is 2. The average molecular weight is 286 g/mol. The topological polar surface area (TPSA) is 56.5 Å². The van der Waals surface area contributed by atoms with E-state index < -0.39 is 23.3 Å². The molecule has 0 aliphatic carbocycles. The van der Waals surface area contributed by atoms with Crippen molar-refractivity contribution in [1.29, 1.82) is 0 Å². The van der Waals surface area contributed by atoms with Crippen LogP contribution in [0, 0.1) is 11.6 Å². The van der Waals surface area contributed by atoms with Gasteiger partial charge in [0, 0.05) is 44.3 Å². The molecule has 1 heterocycles. The van der Waals surface area contributed by atoms with Gasteiger partial charge in [-0.15, -0.1) is 0 Å². The van der Waals surface area contributed by atoms with Crippen molar-refractivity contribution in [2.75, 3.05) is 19.8 Å². The fraction of sp³-hybridized carbons (Fsp3) is 0.571. The summed E-state index contributed by atoms with van der Waals surface area (Å²) in [5, 5.41) is 0. The highest BCUT2D eigenvalue weighted by atomic mass is 19.1. The Labute approximate surface area is 117 Å². The zero-order chi connectivity index (χ0) is 14.6. The predicted octanol–water partition coefficient (Wildman–Crippen LogP) is 2.05. The number of rotatable bonds is 5. The third kappa shape index (κ3) is 2.98. The van der Waals surface area contributed by atoms with Crippen molar-refractivity contribution in [2.24, 2.45) is 5.84 Å². The minimum Gasteiger partial charge on any atom is -0.381 e. The number of benzene rings is 1. The number of nitrogens with two attached hydrogens (primary N) is 1. The van der Waals surface area contributed by atoms with E-state index in [1.54, 1.807) is 0 Å². The van der Waals surface area contributed by atoms with Crippen molar-refractivity contribution < 1.29 is 18.3 Å². The lowest BCUT2D eigenvalue weighted by atomic mass is 9.82. The lowest BCUT2D eigenvalue weighted by Crippen LogP contribution is -2.52. The maximum Gasteiger partial charge on any atom is 0.131 e. The molecule has 0 saturated carbocycles. The standard InChI is InChI=1S/C14H20F2N2O2/c1-2-20-14(5-7-19-8-6-14)13(18-17)11-4-3-10(15)9-12(11)16/h3-4,9,13,18H,2,5-8,17H2,1H3. The Hall–Kier alpha value is -1.08. The zero-order valence-corrected chi connectivity index (χ0v) is 11.5. The molecule has 3 N–H and O–H groups in total. The molecule has 1 unspecified atom stereocenters. The van der Waals surface area contributed by atoms with Gasteiger partial charge in [-0.05, 0) is 13.0 Å². The summed E-state index contributed by atoms with van der Waals surface area (Å²) in [6.45, 7) is 3.43. The van der Waals surface area contributed by atoms with Gasteiger partial charge in [0.2, 0.25) is 0 Å². The van der Waals surface area contributed by atoms with Gasteiger partial charge in [0.15, 0.2) is 0 Å².